The van der Waals surface area contributed by atoms with E-state index in [9.17, 15) is 9.90 Å². The molecular formula is C16H21NO3. The summed E-state index contributed by atoms with van der Waals surface area (Å²) in [5.74, 6) is 5.25. The Bertz CT molecular complexity index is 460. The summed E-state index contributed by atoms with van der Waals surface area (Å²) < 4.78 is 5.28. The van der Waals surface area contributed by atoms with Crippen molar-refractivity contribution in [2.45, 2.75) is 20.0 Å². The first-order valence-electron chi connectivity index (χ1n) is 6.68. The van der Waals surface area contributed by atoms with E-state index in [4.69, 9.17) is 4.74 Å². The number of hydrogen-bond donors (Lipinski definition) is 2. The molecule has 0 aliphatic carbocycles. The normalized spacial score (nSPS) is 11.6. The van der Waals surface area contributed by atoms with Crippen LogP contribution in [0.3, 0.4) is 0 Å². The number of benzene rings is 1. The van der Waals surface area contributed by atoms with Crippen LogP contribution in [0, 0.1) is 17.8 Å². The van der Waals surface area contributed by atoms with E-state index in [2.05, 4.69) is 17.2 Å². The minimum absolute atomic E-state index is 0.139. The Kier molecular flexibility index (Phi) is 7.41. The first kappa shape index (κ1) is 16.2. The summed E-state index contributed by atoms with van der Waals surface area (Å²) in [6, 6.07) is 9.26. The lowest BCUT2D eigenvalue weighted by Crippen LogP contribution is -2.34. The number of carbonyl (C=O) groups excluding carboxylic acids is 1. The Labute approximate surface area is 120 Å². The molecule has 0 unspecified atom stereocenters. The van der Waals surface area contributed by atoms with Gasteiger partial charge in [0.05, 0.1) is 12.7 Å². The number of carbonyl (C=O) groups is 1. The second kappa shape index (κ2) is 9.13. The molecule has 0 aromatic heterocycles. The van der Waals surface area contributed by atoms with Gasteiger partial charge in [0, 0.05) is 24.6 Å². The van der Waals surface area contributed by atoms with E-state index >= 15 is 0 Å². The first-order valence-corrected chi connectivity index (χ1v) is 6.68. The average molecular weight is 275 g/mol. The molecule has 20 heavy (non-hydrogen) atoms. The summed E-state index contributed by atoms with van der Waals surface area (Å²) in [7, 11) is 0. The van der Waals surface area contributed by atoms with Crippen molar-refractivity contribution >= 4 is 5.91 Å². The molecule has 4 heteroatoms. The lowest BCUT2D eigenvalue weighted by molar-refractivity contribution is -0.116. The van der Waals surface area contributed by atoms with Crippen LogP contribution in [0.15, 0.2) is 30.3 Å². The molecule has 2 N–H and O–H groups in total. The molecule has 0 heterocycles. The van der Waals surface area contributed by atoms with Crippen LogP contribution >= 0.6 is 0 Å². The molecule has 0 saturated heterocycles. The second-order valence-electron chi connectivity index (χ2n) is 4.91. The zero-order valence-corrected chi connectivity index (χ0v) is 11.9. The zero-order valence-electron chi connectivity index (χ0n) is 11.9. The van der Waals surface area contributed by atoms with E-state index in [0.29, 0.717) is 12.5 Å². The standard InChI is InChI=1S/C16H21NO3/c1-13(2)11-20-12-15(18)10-17-16(19)9-8-14-6-4-3-5-7-14/h3-7,13,15,18H,10-12H2,1-2H3,(H,17,19)/t15-/m0/s1. The fourth-order valence-electron chi connectivity index (χ4n) is 1.40. The van der Waals surface area contributed by atoms with E-state index < -0.39 is 12.0 Å². The lowest BCUT2D eigenvalue weighted by Gasteiger charge is -2.12. The van der Waals surface area contributed by atoms with Crippen molar-refractivity contribution in [1.29, 1.82) is 0 Å². The second-order valence-corrected chi connectivity index (χ2v) is 4.91. The van der Waals surface area contributed by atoms with Crippen LogP contribution in [-0.4, -0.2) is 36.9 Å². The van der Waals surface area contributed by atoms with Crippen LogP contribution in [0.1, 0.15) is 19.4 Å². The van der Waals surface area contributed by atoms with Gasteiger partial charge in [-0.3, -0.25) is 4.79 Å². The van der Waals surface area contributed by atoms with Gasteiger partial charge < -0.3 is 15.2 Å². The highest BCUT2D eigenvalue weighted by Crippen LogP contribution is 1.95. The number of ether oxygens (including phenoxy) is 1. The molecule has 0 aliphatic heterocycles. The summed E-state index contributed by atoms with van der Waals surface area (Å²) in [5.41, 5.74) is 0.781. The maximum absolute atomic E-state index is 11.5. The lowest BCUT2D eigenvalue weighted by atomic mass is 10.2. The fraction of sp³-hybridized carbons (Fsp3) is 0.438. The molecule has 1 rings (SSSR count). The molecule has 0 fully saturated rings. The van der Waals surface area contributed by atoms with Gasteiger partial charge in [-0.1, -0.05) is 38.0 Å². The summed E-state index contributed by atoms with van der Waals surface area (Å²) in [6.07, 6.45) is -0.712. The van der Waals surface area contributed by atoms with E-state index in [-0.39, 0.29) is 13.2 Å². The summed E-state index contributed by atoms with van der Waals surface area (Å²) in [6.45, 7) is 5.02. The van der Waals surface area contributed by atoms with Crippen molar-refractivity contribution in [3.8, 4) is 11.8 Å². The maximum Gasteiger partial charge on any atom is 0.296 e. The largest absolute Gasteiger partial charge is 0.389 e. The number of rotatable bonds is 6. The van der Waals surface area contributed by atoms with Gasteiger partial charge in [0.1, 0.15) is 0 Å². The summed E-state index contributed by atoms with van der Waals surface area (Å²) in [4.78, 5) is 11.5. The minimum Gasteiger partial charge on any atom is -0.389 e. The third-order valence-corrected chi connectivity index (χ3v) is 2.35. The van der Waals surface area contributed by atoms with E-state index in [1.807, 2.05) is 44.2 Å². The fourth-order valence-corrected chi connectivity index (χ4v) is 1.40. The number of amides is 1. The summed E-state index contributed by atoms with van der Waals surface area (Å²) >= 11 is 0. The third-order valence-electron chi connectivity index (χ3n) is 2.35. The highest BCUT2D eigenvalue weighted by molar-refractivity contribution is 5.94. The van der Waals surface area contributed by atoms with Crippen LogP contribution < -0.4 is 5.32 Å². The Morgan fingerprint density at radius 3 is 2.65 bits per heavy atom. The van der Waals surface area contributed by atoms with Gasteiger partial charge in [0.2, 0.25) is 0 Å². The molecule has 1 atom stereocenters. The number of aliphatic hydroxyl groups is 1. The number of aliphatic hydroxyl groups excluding tert-OH is 1. The smallest absolute Gasteiger partial charge is 0.296 e. The van der Waals surface area contributed by atoms with Crippen molar-refractivity contribution in [3.63, 3.8) is 0 Å². The van der Waals surface area contributed by atoms with Crippen LogP contribution in [-0.2, 0) is 9.53 Å². The van der Waals surface area contributed by atoms with Crippen LogP contribution in [0.25, 0.3) is 0 Å². The predicted molar refractivity (Wildman–Crippen MR) is 78.0 cm³/mol. The topological polar surface area (TPSA) is 58.6 Å². The molecule has 0 radical (unpaired) electrons. The Hall–Kier alpha value is -1.83. The zero-order chi connectivity index (χ0) is 14.8. The van der Waals surface area contributed by atoms with Crippen molar-refractivity contribution in [3.05, 3.63) is 35.9 Å². The summed E-state index contributed by atoms with van der Waals surface area (Å²) in [5, 5.41) is 12.2. The van der Waals surface area contributed by atoms with Crippen molar-refractivity contribution in [2.24, 2.45) is 5.92 Å². The predicted octanol–water partition coefficient (Wildman–Crippen LogP) is 1.19. The van der Waals surface area contributed by atoms with Gasteiger partial charge in [-0.15, -0.1) is 0 Å². The Morgan fingerprint density at radius 2 is 2.00 bits per heavy atom. The van der Waals surface area contributed by atoms with Gasteiger partial charge in [0.15, 0.2) is 0 Å². The van der Waals surface area contributed by atoms with Crippen molar-refractivity contribution in [2.75, 3.05) is 19.8 Å². The molecule has 0 aliphatic rings. The van der Waals surface area contributed by atoms with Gasteiger partial charge in [-0.25, -0.2) is 0 Å². The number of nitrogens with one attached hydrogen (secondary N) is 1. The van der Waals surface area contributed by atoms with Crippen LogP contribution in [0.4, 0.5) is 0 Å². The SMILES string of the molecule is CC(C)COC[C@@H](O)CNC(=O)C#Cc1ccccc1. The van der Waals surface area contributed by atoms with Gasteiger partial charge in [-0.2, -0.15) is 0 Å². The van der Waals surface area contributed by atoms with E-state index in [1.54, 1.807) is 0 Å². The Morgan fingerprint density at radius 1 is 1.30 bits per heavy atom. The molecule has 4 nitrogen and oxygen atoms in total. The van der Waals surface area contributed by atoms with Crippen LogP contribution in [0.5, 0.6) is 0 Å². The molecular weight excluding hydrogens is 254 g/mol. The Balaban J connectivity index is 2.25. The van der Waals surface area contributed by atoms with E-state index in [1.165, 1.54) is 0 Å². The van der Waals surface area contributed by atoms with Gasteiger partial charge in [0.25, 0.3) is 5.91 Å². The van der Waals surface area contributed by atoms with Gasteiger partial charge in [-0.05, 0) is 18.1 Å². The average Bonchev–Trinajstić information content (AvgIpc) is 2.43. The minimum atomic E-state index is -0.712. The number of hydrogen-bond acceptors (Lipinski definition) is 3. The molecule has 1 aromatic rings. The molecule has 108 valence electrons. The van der Waals surface area contributed by atoms with Crippen molar-refractivity contribution < 1.29 is 14.6 Å². The quantitative estimate of drug-likeness (QED) is 0.767. The third kappa shape index (κ3) is 7.57. The van der Waals surface area contributed by atoms with Crippen LogP contribution in [0.2, 0.25) is 0 Å². The van der Waals surface area contributed by atoms with Gasteiger partial charge >= 0.3 is 0 Å². The monoisotopic (exact) mass is 275 g/mol. The van der Waals surface area contributed by atoms with Crippen molar-refractivity contribution in [1.82, 2.24) is 5.32 Å². The molecule has 1 aromatic carbocycles. The highest BCUT2D eigenvalue weighted by atomic mass is 16.5. The molecule has 1 amide bonds. The molecule has 0 spiro atoms. The maximum atomic E-state index is 11.5. The highest BCUT2D eigenvalue weighted by Gasteiger charge is 2.06. The molecule has 0 saturated carbocycles. The van der Waals surface area contributed by atoms with E-state index in [0.717, 1.165) is 5.56 Å². The molecule has 0 bridgehead atoms. The first-order chi connectivity index (χ1) is 9.58.